The van der Waals surface area contributed by atoms with Crippen LogP contribution in [0.4, 0.5) is 0 Å². The van der Waals surface area contributed by atoms with Gasteiger partial charge in [0.1, 0.15) is 0 Å². The molecule has 0 heterocycles. The molecule has 18 heavy (non-hydrogen) atoms. The van der Waals surface area contributed by atoms with Gasteiger partial charge in [-0.05, 0) is 12.8 Å². The average molecular weight is 260 g/mol. The number of hydrogen-bond donors (Lipinski definition) is 1. The van der Waals surface area contributed by atoms with Gasteiger partial charge in [-0.25, -0.2) is 0 Å². The van der Waals surface area contributed by atoms with Crippen molar-refractivity contribution in [3.8, 4) is 0 Å². The molecule has 0 saturated carbocycles. The van der Waals surface area contributed by atoms with Gasteiger partial charge in [0, 0.05) is 13.3 Å². The van der Waals surface area contributed by atoms with Crippen molar-refractivity contribution in [2.75, 3.05) is 6.61 Å². The average Bonchev–Trinajstić information content (AvgIpc) is 2.29. The van der Waals surface area contributed by atoms with Crippen LogP contribution in [-0.4, -0.2) is 23.7 Å². The molecule has 0 aromatic rings. The van der Waals surface area contributed by atoms with Gasteiger partial charge < -0.3 is 9.84 Å². The SMILES string of the molecule is CCCCCC(=O)O.CCCCCCOC(C)=O. The Labute approximate surface area is 111 Å². The maximum atomic E-state index is 10.3. The van der Waals surface area contributed by atoms with Crippen molar-refractivity contribution in [3.05, 3.63) is 0 Å². The molecule has 4 heteroatoms. The third-order valence-corrected chi connectivity index (χ3v) is 2.30. The molecule has 0 bridgehead atoms. The standard InChI is InChI=1S/C8H16O2.C6H12O2/c1-3-4-5-6-7-10-8(2)9;1-2-3-4-5-6(7)8/h3-7H2,1-2H3;2-5H2,1H3,(H,7,8). The summed E-state index contributed by atoms with van der Waals surface area (Å²) in [5.41, 5.74) is 0. The number of unbranched alkanes of at least 4 members (excludes halogenated alkanes) is 5. The fraction of sp³-hybridized carbons (Fsp3) is 0.857. The lowest BCUT2D eigenvalue weighted by Gasteiger charge is -1.99. The highest BCUT2D eigenvalue weighted by molar-refractivity contribution is 5.66. The van der Waals surface area contributed by atoms with Gasteiger partial charge in [0.05, 0.1) is 6.61 Å². The van der Waals surface area contributed by atoms with E-state index < -0.39 is 5.97 Å². The Kier molecular flexibility index (Phi) is 17.1. The van der Waals surface area contributed by atoms with Crippen LogP contribution >= 0.6 is 0 Å². The Morgan fingerprint density at radius 2 is 1.50 bits per heavy atom. The molecule has 0 amide bonds. The molecule has 108 valence electrons. The number of esters is 1. The van der Waals surface area contributed by atoms with E-state index in [0.717, 1.165) is 25.7 Å². The van der Waals surface area contributed by atoms with Gasteiger partial charge in [-0.2, -0.15) is 0 Å². The lowest BCUT2D eigenvalue weighted by atomic mass is 10.2. The van der Waals surface area contributed by atoms with E-state index in [4.69, 9.17) is 9.84 Å². The zero-order valence-electron chi connectivity index (χ0n) is 12.0. The zero-order valence-corrected chi connectivity index (χ0v) is 12.0. The molecular formula is C14H28O4. The van der Waals surface area contributed by atoms with Gasteiger partial charge in [-0.3, -0.25) is 9.59 Å². The quantitative estimate of drug-likeness (QED) is 0.506. The van der Waals surface area contributed by atoms with E-state index in [1.165, 1.54) is 26.2 Å². The summed E-state index contributed by atoms with van der Waals surface area (Å²) in [5.74, 6) is -0.852. The molecule has 0 aromatic carbocycles. The van der Waals surface area contributed by atoms with Gasteiger partial charge in [-0.1, -0.05) is 46.0 Å². The maximum absolute atomic E-state index is 10.3. The first-order valence-corrected chi connectivity index (χ1v) is 6.89. The van der Waals surface area contributed by atoms with Crippen LogP contribution < -0.4 is 0 Å². The third kappa shape index (κ3) is 24.3. The number of carboxylic acid groups (broad SMARTS) is 1. The number of carboxylic acids is 1. The van der Waals surface area contributed by atoms with Crippen LogP contribution in [0.5, 0.6) is 0 Å². The monoisotopic (exact) mass is 260 g/mol. The first-order chi connectivity index (χ1) is 8.54. The summed E-state index contributed by atoms with van der Waals surface area (Å²) in [4.78, 5) is 20.1. The van der Waals surface area contributed by atoms with Crippen molar-refractivity contribution in [2.45, 2.75) is 72.1 Å². The summed E-state index contributed by atoms with van der Waals surface area (Å²) in [6.45, 7) is 6.25. The van der Waals surface area contributed by atoms with E-state index in [9.17, 15) is 9.59 Å². The normalized spacial score (nSPS) is 9.28. The summed E-state index contributed by atoms with van der Waals surface area (Å²) in [6, 6.07) is 0. The molecule has 0 aliphatic carbocycles. The molecule has 0 aromatic heterocycles. The Bertz CT molecular complexity index is 202. The van der Waals surface area contributed by atoms with Gasteiger partial charge in [-0.15, -0.1) is 0 Å². The van der Waals surface area contributed by atoms with Gasteiger partial charge in [0.15, 0.2) is 0 Å². The van der Waals surface area contributed by atoms with E-state index in [-0.39, 0.29) is 5.97 Å². The molecule has 0 saturated heterocycles. The van der Waals surface area contributed by atoms with Gasteiger partial charge in [0.25, 0.3) is 0 Å². The van der Waals surface area contributed by atoms with E-state index >= 15 is 0 Å². The topological polar surface area (TPSA) is 63.6 Å². The highest BCUT2D eigenvalue weighted by atomic mass is 16.5. The molecule has 0 radical (unpaired) electrons. The van der Waals surface area contributed by atoms with E-state index in [0.29, 0.717) is 13.0 Å². The van der Waals surface area contributed by atoms with Crippen LogP contribution in [0.25, 0.3) is 0 Å². The second kappa shape index (κ2) is 15.9. The summed E-state index contributed by atoms with van der Waals surface area (Å²) in [5, 5.41) is 8.14. The Balaban J connectivity index is 0. The minimum atomic E-state index is -0.682. The van der Waals surface area contributed by atoms with Crippen molar-refractivity contribution in [1.82, 2.24) is 0 Å². The van der Waals surface area contributed by atoms with Gasteiger partial charge in [0.2, 0.25) is 0 Å². The summed E-state index contributed by atoms with van der Waals surface area (Å²) < 4.78 is 4.75. The molecule has 0 spiro atoms. The number of aliphatic carboxylic acids is 1. The van der Waals surface area contributed by atoms with Crippen molar-refractivity contribution in [3.63, 3.8) is 0 Å². The van der Waals surface area contributed by atoms with Gasteiger partial charge >= 0.3 is 11.9 Å². The second-order valence-electron chi connectivity index (χ2n) is 4.25. The summed E-state index contributed by atoms with van der Waals surface area (Å²) in [6.07, 6.45) is 7.91. The first-order valence-electron chi connectivity index (χ1n) is 6.89. The van der Waals surface area contributed by atoms with Crippen molar-refractivity contribution in [1.29, 1.82) is 0 Å². The zero-order chi connectivity index (χ0) is 14.2. The lowest BCUT2D eigenvalue weighted by Crippen LogP contribution is -1.99. The highest BCUT2D eigenvalue weighted by Gasteiger charge is 1.93. The van der Waals surface area contributed by atoms with Crippen LogP contribution in [0.2, 0.25) is 0 Å². The predicted octanol–water partition coefficient (Wildman–Crippen LogP) is 3.78. The predicted molar refractivity (Wildman–Crippen MR) is 72.6 cm³/mol. The molecule has 0 unspecified atom stereocenters. The van der Waals surface area contributed by atoms with Crippen molar-refractivity contribution >= 4 is 11.9 Å². The fourth-order valence-electron chi connectivity index (χ4n) is 1.27. The van der Waals surface area contributed by atoms with Crippen LogP contribution in [-0.2, 0) is 14.3 Å². The Morgan fingerprint density at radius 1 is 0.944 bits per heavy atom. The number of carbonyl (C=O) groups is 2. The molecule has 4 nitrogen and oxygen atoms in total. The molecule has 0 aliphatic heterocycles. The molecule has 0 aliphatic rings. The number of ether oxygens (including phenoxy) is 1. The van der Waals surface area contributed by atoms with Crippen molar-refractivity contribution in [2.24, 2.45) is 0 Å². The van der Waals surface area contributed by atoms with E-state index in [1.807, 2.05) is 0 Å². The van der Waals surface area contributed by atoms with Crippen LogP contribution in [0.15, 0.2) is 0 Å². The Hall–Kier alpha value is -1.06. The summed E-state index contributed by atoms with van der Waals surface area (Å²) in [7, 11) is 0. The minimum absolute atomic E-state index is 0.170. The fourth-order valence-corrected chi connectivity index (χ4v) is 1.27. The largest absolute Gasteiger partial charge is 0.481 e. The van der Waals surface area contributed by atoms with E-state index in [1.54, 1.807) is 0 Å². The minimum Gasteiger partial charge on any atom is -0.481 e. The number of rotatable bonds is 9. The van der Waals surface area contributed by atoms with Crippen LogP contribution in [0.1, 0.15) is 72.1 Å². The molecular weight excluding hydrogens is 232 g/mol. The van der Waals surface area contributed by atoms with E-state index in [2.05, 4.69) is 13.8 Å². The highest BCUT2D eigenvalue weighted by Crippen LogP contribution is 1.98. The Morgan fingerprint density at radius 3 is 1.94 bits per heavy atom. The van der Waals surface area contributed by atoms with Crippen molar-refractivity contribution < 1.29 is 19.4 Å². The molecule has 0 fully saturated rings. The summed E-state index contributed by atoms with van der Waals surface area (Å²) >= 11 is 0. The third-order valence-electron chi connectivity index (χ3n) is 2.30. The van der Waals surface area contributed by atoms with Crippen LogP contribution in [0, 0.1) is 0 Å². The molecule has 0 rings (SSSR count). The first kappa shape index (κ1) is 19.3. The van der Waals surface area contributed by atoms with Crippen LogP contribution in [0.3, 0.4) is 0 Å². The molecule has 1 N–H and O–H groups in total. The smallest absolute Gasteiger partial charge is 0.303 e. The molecule has 0 atom stereocenters. The second-order valence-corrected chi connectivity index (χ2v) is 4.25. The maximum Gasteiger partial charge on any atom is 0.303 e. The number of carbonyl (C=O) groups excluding carboxylic acids is 1. The number of hydrogen-bond acceptors (Lipinski definition) is 3. The lowest BCUT2D eigenvalue weighted by molar-refractivity contribution is -0.141.